The number of sulfone groups is 1. The number of likely N-dealkylation sites (tertiary alicyclic amines) is 1. The van der Waals surface area contributed by atoms with Crippen molar-refractivity contribution in [3.63, 3.8) is 0 Å². The van der Waals surface area contributed by atoms with E-state index in [4.69, 9.17) is 0 Å². The molecule has 1 aliphatic rings. The lowest BCUT2D eigenvalue weighted by atomic mass is 10.0. The lowest BCUT2D eigenvalue weighted by Crippen LogP contribution is -2.40. The highest BCUT2D eigenvalue weighted by Crippen LogP contribution is 2.26. The van der Waals surface area contributed by atoms with Gasteiger partial charge in [0, 0.05) is 30.7 Å². The number of hydrogen-bond acceptors (Lipinski definition) is 5. The van der Waals surface area contributed by atoms with Crippen LogP contribution in [-0.2, 0) is 27.5 Å². The molecule has 1 aromatic heterocycles. The first-order valence-electron chi connectivity index (χ1n) is 13.2. The van der Waals surface area contributed by atoms with Gasteiger partial charge < -0.3 is 10.2 Å². The van der Waals surface area contributed by atoms with Crippen LogP contribution in [0.2, 0.25) is 0 Å². The monoisotopic (exact) mass is 517 g/mol. The topological polar surface area (TPSA) is 79.4 Å². The Morgan fingerprint density at radius 2 is 1.89 bits per heavy atom. The van der Waals surface area contributed by atoms with Gasteiger partial charge in [0.05, 0.1) is 10.6 Å². The maximum Gasteiger partial charge on any atom is 0.245 e. The summed E-state index contributed by atoms with van der Waals surface area (Å²) in [7, 11) is -3.48. The van der Waals surface area contributed by atoms with Gasteiger partial charge in [-0.3, -0.25) is 9.78 Å². The molecule has 1 saturated heterocycles. The van der Waals surface area contributed by atoms with Crippen molar-refractivity contribution in [2.45, 2.75) is 95.0 Å². The molecule has 2 aromatic rings. The maximum atomic E-state index is 14.5. The minimum atomic E-state index is -3.48. The second kappa shape index (κ2) is 13.2. The average Bonchev–Trinajstić information content (AvgIpc) is 3.21. The summed E-state index contributed by atoms with van der Waals surface area (Å²) in [5.74, 6) is -0.660. The van der Waals surface area contributed by atoms with Gasteiger partial charge in [-0.1, -0.05) is 45.6 Å². The fourth-order valence-electron chi connectivity index (χ4n) is 4.87. The van der Waals surface area contributed by atoms with Crippen molar-refractivity contribution in [2.75, 3.05) is 18.1 Å². The molecule has 36 heavy (non-hydrogen) atoms. The molecule has 0 aliphatic carbocycles. The molecule has 8 heteroatoms. The van der Waals surface area contributed by atoms with Crippen LogP contribution in [0.5, 0.6) is 0 Å². The number of carbonyl (C=O) groups is 1. The molecule has 2 heterocycles. The van der Waals surface area contributed by atoms with E-state index in [1.165, 1.54) is 17.7 Å². The van der Waals surface area contributed by atoms with Crippen molar-refractivity contribution in [2.24, 2.45) is 0 Å². The molecule has 3 rings (SSSR count). The lowest BCUT2D eigenvalue weighted by Gasteiger charge is -2.28. The largest absolute Gasteiger partial charge is 0.371 e. The molecule has 1 N–H and O–H groups in total. The zero-order valence-electron chi connectivity index (χ0n) is 21.8. The van der Waals surface area contributed by atoms with Crippen molar-refractivity contribution in [3.8, 4) is 0 Å². The molecule has 6 nitrogen and oxygen atoms in total. The Hall–Kier alpha value is -2.48. The van der Waals surface area contributed by atoms with Crippen molar-refractivity contribution in [1.82, 2.24) is 9.88 Å². The van der Waals surface area contributed by atoms with E-state index in [0.717, 1.165) is 75.8 Å². The van der Waals surface area contributed by atoms with Crippen molar-refractivity contribution in [3.05, 3.63) is 53.6 Å². The van der Waals surface area contributed by atoms with E-state index in [1.807, 2.05) is 11.1 Å². The van der Waals surface area contributed by atoms with E-state index in [2.05, 4.69) is 36.3 Å². The number of carbonyl (C=O) groups excluding carboxylic acids is 1. The van der Waals surface area contributed by atoms with E-state index >= 15 is 0 Å². The van der Waals surface area contributed by atoms with Gasteiger partial charge >= 0.3 is 0 Å². The molecule has 1 fully saturated rings. The average molecular weight is 518 g/mol. The molecule has 0 saturated carbocycles. The van der Waals surface area contributed by atoms with Crippen LogP contribution < -0.4 is 5.32 Å². The Balaban J connectivity index is 1.46. The summed E-state index contributed by atoms with van der Waals surface area (Å²) < 4.78 is 37.8. The quantitative estimate of drug-likeness (QED) is 0.332. The summed E-state index contributed by atoms with van der Waals surface area (Å²) in [4.78, 5) is 19.6. The molecule has 198 valence electrons. The van der Waals surface area contributed by atoms with Crippen LogP contribution in [0.15, 0.2) is 41.4 Å². The summed E-state index contributed by atoms with van der Waals surface area (Å²) >= 11 is 0. The van der Waals surface area contributed by atoms with Crippen LogP contribution in [0.1, 0.15) is 76.5 Å². The van der Waals surface area contributed by atoms with Crippen LogP contribution in [0.4, 0.5) is 10.1 Å². The standard InChI is InChI=1S/C28H40FN3O3S/c1-4-10-23(12-9-7-6-8-11-22-14-13-21(5-2)20-30-22)32-18-17-27(28(32)33)31-26-16-15-24(19-25(26)29)36(3,34)35/h13-16,19-20,23,27,31H,4-12,17-18H2,1-3H3. The predicted molar refractivity (Wildman–Crippen MR) is 142 cm³/mol. The van der Waals surface area contributed by atoms with E-state index in [-0.39, 0.29) is 22.5 Å². The van der Waals surface area contributed by atoms with E-state index in [0.29, 0.717) is 13.0 Å². The molecule has 0 spiro atoms. The predicted octanol–water partition coefficient (Wildman–Crippen LogP) is 5.56. The van der Waals surface area contributed by atoms with Gasteiger partial charge in [0.2, 0.25) is 5.91 Å². The zero-order valence-corrected chi connectivity index (χ0v) is 22.6. The van der Waals surface area contributed by atoms with Crippen LogP contribution in [0, 0.1) is 5.82 Å². The van der Waals surface area contributed by atoms with E-state index in [9.17, 15) is 17.6 Å². The van der Waals surface area contributed by atoms with Crippen LogP contribution >= 0.6 is 0 Å². The second-order valence-corrected chi connectivity index (χ2v) is 11.9. The minimum absolute atomic E-state index is 0.00152. The molecular formula is C28H40FN3O3S. The minimum Gasteiger partial charge on any atom is -0.371 e. The summed E-state index contributed by atoms with van der Waals surface area (Å²) in [5.41, 5.74) is 2.58. The number of halogens is 1. The van der Waals surface area contributed by atoms with Crippen molar-refractivity contribution in [1.29, 1.82) is 0 Å². The number of rotatable bonds is 14. The molecule has 1 aromatic carbocycles. The third kappa shape index (κ3) is 7.76. The molecule has 0 radical (unpaired) electrons. The lowest BCUT2D eigenvalue weighted by molar-refractivity contribution is -0.130. The van der Waals surface area contributed by atoms with Crippen LogP contribution in [0.3, 0.4) is 0 Å². The van der Waals surface area contributed by atoms with Gasteiger partial charge in [0.15, 0.2) is 9.84 Å². The first-order chi connectivity index (χ1) is 17.2. The van der Waals surface area contributed by atoms with Gasteiger partial charge in [-0.2, -0.15) is 0 Å². The number of benzene rings is 1. The summed E-state index contributed by atoms with van der Waals surface area (Å²) in [5, 5.41) is 3.00. The number of aromatic nitrogens is 1. The first kappa shape index (κ1) is 28.1. The molecular weight excluding hydrogens is 477 g/mol. The zero-order chi connectivity index (χ0) is 26.1. The van der Waals surface area contributed by atoms with Gasteiger partial charge in [0.25, 0.3) is 0 Å². The maximum absolute atomic E-state index is 14.5. The summed E-state index contributed by atoms with van der Waals surface area (Å²) in [6.07, 6.45) is 13.1. The fraction of sp³-hybridized carbons (Fsp3) is 0.571. The smallest absolute Gasteiger partial charge is 0.245 e. The number of nitrogens with zero attached hydrogens (tertiary/aromatic N) is 2. The van der Waals surface area contributed by atoms with Gasteiger partial charge in [-0.15, -0.1) is 0 Å². The van der Waals surface area contributed by atoms with E-state index in [1.54, 1.807) is 0 Å². The fourth-order valence-corrected chi connectivity index (χ4v) is 5.50. The summed E-state index contributed by atoms with van der Waals surface area (Å²) in [6, 6.07) is 7.78. The number of unbranched alkanes of at least 4 members (excludes halogenated alkanes) is 3. The molecule has 1 aliphatic heterocycles. The van der Waals surface area contributed by atoms with Crippen molar-refractivity contribution < 1.29 is 17.6 Å². The highest BCUT2D eigenvalue weighted by molar-refractivity contribution is 7.90. The van der Waals surface area contributed by atoms with Gasteiger partial charge in [-0.05, 0) is 68.4 Å². The first-order valence-corrected chi connectivity index (χ1v) is 15.1. The third-order valence-corrected chi connectivity index (χ3v) is 8.13. The number of pyridine rings is 1. The number of hydrogen-bond donors (Lipinski definition) is 1. The van der Waals surface area contributed by atoms with E-state index < -0.39 is 21.7 Å². The Morgan fingerprint density at radius 1 is 1.11 bits per heavy atom. The molecule has 2 atom stereocenters. The van der Waals surface area contributed by atoms with Crippen LogP contribution in [0.25, 0.3) is 0 Å². The number of nitrogens with one attached hydrogen (secondary N) is 1. The number of aryl methyl sites for hydroxylation is 2. The Kier molecular flexibility index (Phi) is 10.3. The molecule has 2 unspecified atom stereocenters. The molecule has 1 amide bonds. The number of anilines is 1. The van der Waals surface area contributed by atoms with Gasteiger partial charge in [-0.25, -0.2) is 12.8 Å². The summed E-state index contributed by atoms with van der Waals surface area (Å²) in [6.45, 7) is 4.93. The normalized spacial score (nSPS) is 16.9. The number of amides is 1. The Morgan fingerprint density at radius 3 is 2.53 bits per heavy atom. The Labute approximate surface area is 215 Å². The highest BCUT2D eigenvalue weighted by Gasteiger charge is 2.35. The third-order valence-electron chi connectivity index (χ3n) is 7.02. The van der Waals surface area contributed by atoms with Crippen molar-refractivity contribution >= 4 is 21.4 Å². The van der Waals surface area contributed by atoms with Crippen LogP contribution in [-0.4, -0.2) is 49.1 Å². The van der Waals surface area contributed by atoms with Gasteiger partial charge in [0.1, 0.15) is 11.9 Å². The second-order valence-electron chi connectivity index (χ2n) is 9.84. The molecule has 0 bridgehead atoms. The Bertz CT molecular complexity index is 1110. The SMILES string of the molecule is CCCC(CCCCCCc1ccc(CC)cn1)N1CCC(Nc2ccc(S(C)(=O)=O)cc2F)C1=O. The highest BCUT2D eigenvalue weighted by atomic mass is 32.2.